The van der Waals surface area contributed by atoms with Crippen LogP contribution in [0, 0.1) is 5.92 Å². The van der Waals surface area contributed by atoms with Crippen molar-refractivity contribution in [1.29, 1.82) is 0 Å². The highest BCUT2D eigenvalue weighted by Crippen LogP contribution is 2.17. The van der Waals surface area contributed by atoms with Crippen LogP contribution in [-0.4, -0.2) is 47.1 Å². The standard InChI is InChI=1S/C13H24N2O3/c1-9(2)11(15-7-5-4-6-8-15)12(16)14-10(3)13(17)18/h9-11H,4-8H2,1-3H3,(H,14,16)(H,17,18). The van der Waals surface area contributed by atoms with Gasteiger partial charge in [0.15, 0.2) is 0 Å². The van der Waals surface area contributed by atoms with Gasteiger partial charge in [-0.15, -0.1) is 0 Å². The van der Waals surface area contributed by atoms with E-state index in [1.807, 2.05) is 13.8 Å². The van der Waals surface area contributed by atoms with Crippen molar-refractivity contribution in [3.05, 3.63) is 0 Å². The highest BCUT2D eigenvalue weighted by atomic mass is 16.4. The first kappa shape index (κ1) is 15.0. The summed E-state index contributed by atoms with van der Waals surface area (Å²) in [5.41, 5.74) is 0. The number of hydrogen-bond donors (Lipinski definition) is 2. The van der Waals surface area contributed by atoms with Crippen molar-refractivity contribution in [3.63, 3.8) is 0 Å². The van der Waals surface area contributed by atoms with Gasteiger partial charge in [0.05, 0.1) is 6.04 Å². The molecular formula is C13H24N2O3. The van der Waals surface area contributed by atoms with Gasteiger partial charge in [0.1, 0.15) is 6.04 Å². The number of carbonyl (C=O) groups is 2. The topological polar surface area (TPSA) is 69.6 Å². The second-order valence-corrected chi connectivity index (χ2v) is 5.35. The van der Waals surface area contributed by atoms with E-state index >= 15 is 0 Å². The molecular weight excluding hydrogens is 232 g/mol. The molecule has 1 fully saturated rings. The number of nitrogens with zero attached hydrogens (tertiary/aromatic N) is 1. The third-order valence-corrected chi connectivity index (χ3v) is 3.41. The molecule has 0 radical (unpaired) electrons. The van der Waals surface area contributed by atoms with Crippen LogP contribution >= 0.6 is 0 Å². The SMILES string of the molecule is CC(NC(=O)C(C(C)C)N1CCCCC1)C(=O)O. The molecule has 0 saturated carbocycles. The van der Waals surface area contributed by atoms with E-state index in [2.05, 4.69) is 10.2 Å². The lowest BCUT2D eigenvalue weighted by Crippen LogP contribution is -2.54. The largest absolute Gasteiger partial charge is 0.480 e. The highest BCUT2D eigenvalue weighted by Gasteiger charge is 2.31. The van der Waals surface area contributed by atoms with Crippen molar-refractivity contribution in [2.75, 3.05) is 13.1 Å². The first-order valence-electron chi connectivity index (χ1n) is 6.70. The Morgan fingerprint density at radius 2 is 1.67 bits per heavy atom. The van der Waals surface area contributed by atoms with Gasteiger partial charge in [0.25, 0.3) is 0 Å². The summed E-state index contributed by atoms with van der Waals surface area (Å²) in [4.78, 5) is 25.1. The molecule has 5 heteroatoms. The van der Waals surface area contributed by atoms with Crippen molar-refractivity contribution in [3.8, 4) is 0 Å². The zero-order valence-corrected chi connectivity index (χ0v) is 11.5. The van der Waals surface area contributed by atoms with E-state index in [9.17, 15) is 9.59 Å². The monoisotopic (exact) mass is 256 g/mol. The minimum absolute atomic E-state index is 0.165. The number of piperidine rings is 1. The summed E-state index contributed by atoms with van der Waals surface area (Å²) in [5, 5.41) is 11.4. The maximum Gasteiger partial charge on any atom is 0.325 e. The third kappa shape index (κ3) is 3.98. The van der Waals surface area contributed by atoms with Gasteiger partial charge in [0.2, 0.25) is 5.91 Å². The summed E-state index contributed by atoms with van der Waals surface area (Å²) in [5.74, 6) is -0.976. The molecule has 2 unspecified atom stereocenters. The van der Waals surface area contributed by atoms with E-state index in [0.29, 0.717) is 0 Å². The minimum atomic E-state index is -0.996. The Hall–Kier alpha value is -1.10. The van der Waals surface area contributed by atoms with Gasteiger partial charge in [0, 0.05) is 0 Å². The van der Waals surface area contributed by atoms with E-state index in [0.717, 1.165) is 25.9 Å². The van der Waals surface area contributed by atoms with Crippen molar-refractivity contribution in [2.45, 2.75) is 52.1 Å². The molecule has 1 rings (SSSR count). The van der Waals surface area contributed by atoms with E-state index in [1.165, 1.54) is 13.3 Å². The van der Waals surface area contributed by atoms with Crippen LogP contribution in [0.5, 0.6) is 0 Å². The Morgan fingerprint density at radius 3 is 2.11 bits per heavy atom. The average Bonchev–Trinajstić information content (AvgIpc) is 2.29. The molecule has 2 N–H and O–H groups in total. The summed E-state index contributed by atoms with van der Waals surface area (Å²) in [6, 6.07) is -1.05. The first-order chi connectivity index (χ1) is 8.43. The second kappa shape index (κ2) is 6.73. The molecule has 1 aliphatic rings. The van der Waals surface area contributed by atoms with Crippen molar-refractivity contribution in [1.82, 2.24) is 10.2 Å². The molecule has 0 aromatic rings. The molecule has 0 bridgehead atoms. The number of carbonyl (C=O) groups excluding carboxylic acids is 1. The van der Waals surface area contributed by atoms with Gasteiger partial charge in [-0.2, -0.15) is 0 Å². The van der Waals surface area contributed by atoms with Crippen LogP contribution in [-0.2, 0) is 9.59 Å². The maximum atomic E-state index is 12.2. The molecule has 104 valence electrons. The molecule has 0 aromatic heterocycles. The fourth-order valence-corrected chi connectivity index (χ4v) is 2.45. The van der Waals surface area contributed by atoms with Crippen LogP contribution in [0.25, 0.3) is 0 Å². The fourth-order valence-electron chi connectivity index (χ4n) is 2.45. The van der Waals surface area contributed by atoms with E-state index in [4.69, 9.17) is 5.11 Å². The van der Waals surface area contributed by atoms with E-state index in [-0.39, 0.29) is 17.9 Å². The van der Waals surface area contributed by atoms with Gasteiger partial charge in [-0.05, 0) is 38.8 Å². The molecule has 1 aliphatic heterocycles. The average molecular weight is 256 g/mol. The predicted molar refractivity (Wildman–Crippen MR) is 69.3 cm³/mol. The van der Waals surface area contributed by atoms with E-state index in [1.54, 1.807) is 0 Å². The molecule has 1 saturated heterocycles. The number of likely N-dealkylation sites (tertiary alicyclic amines) is 1. The lowest BCUT2D eigenvalue weighted by atomic mass is 9.98. The second-order valence-electron chi connectivity index (χ2n) is 5.35. The Bertz CT molecular complexity index is 299. The fraction of sp³-hybridized carbons (Fsp3) is 0.846. The number of carboxylic acids is 1. The molecule has 18 heavy (non-hydrogen) atoms. The van der Waals surface area contributed by atoms with Crippen molar-refractivity contribution >= 4 is 11.9 Å². The van der Waals surface area contributed by atoms with Crippen LogP contribution < -0.4 is 5.32 Å². The number of carboxylic acid groups (broad SMARTS) is 1. The smallest absolute Gasteiger partial charge is 0.325 e. The normalized spacial score (nSPS) is 20.4. The quantitative estimate of drug-likeness (QED) is 0.772. The van der Waals surface area contributed by atoms with Crippen LogP contribution in [0.4, 0.5) is 0 Å². The maximum absolute atomic E-state index is 12.2. The van der Waals surface area contributed by atoms with Crippen molar-refractivity contribution in [2.24, 2.45) is 5.92 Å². The van der Waals surface area contributed by atoms with E-state index < -0.39 is 12.0 Å². The minimum Gasteiger partial charge on any atom is -0.480 e. The molecule has 2 atom stereocenters. The third-order valence-electron chi connectivity index (χ3n) is 3.41. The summed E-state index contributed by atoms with van der Waals surface area (Å²) in [6.07, 6.45) is 3.45. The predicted octanol–water partition coefficient (Wildman–Crippen LogP) is 1.09. The molecule has 1 heterocycles. The van der Waals surface area contributed by atoms with Crippen LogP contribution in [0.15, 0.2) is 0 Å². The number of nitrogens with one attached hydrogen (secondary N) is 1. The lowest BCUT2D eigenvalue weighted by Gasteiger charge is -2.36. The molecule has 5 nitrogen and oxygen atoms in total. The van der Waals surface area contributed by atoms with Crippen LogP contribution in [0.3, 0.4) is 0 Å². The molecule has 1 amide bonds. The Morgan fingerprint density at radius 1 is 1.11 bits per heavy atom. The van der Waals surface area contributed by atoms with Gasteiger partial charge in [-0.25, -0.2) is 0 Å². The summed E-state index contributed by atoms with van der Waals surface area (Å²) >= 11 is 0. The zero-order valence-electron chi connectivity index (χ0n) is 11.5. The number of hydrogen-bond acceptors (Lipinski definition) is 3. The van der Waals surface area contributed by atoms with Crippen molar-refractivity contribution < 1.29 is 14.7 Å². The Balaban J connectivity index is 2.65. The first-order valence-corrected chi connectivity index (χ1v) is 6.70. The summed E-state index contributed by atoms with van der Waals surface area (Å²) in [7, 11) is 0. The van der Waals surface area contributed by atoms with Crippen LogP contribution in [0.1, 0.15) is 40.0 Å². The Kier molecular flexibility index (Phi) is 5.59. The Labute approximate surface area is 109 Å². The number of aliphatic carboxylic acids is 1. The van der Waals surface area contributed by atoms with Gasteiger partial charge in [-0.3, -0.25) is 14.5 Å². The number of amides is 1. The zero-order chi connectivity index (χ0) is 13.7. The highest BCUT2D eigenvalue weighted by molar-refractivity contribution is 5.86. The lowest BCUT2D eigenvalue weighted by molar-refractivity contribution is -0.142. The molecule has 0 aromatic carbocycles. The van der Waals surface area contributed by atoms with Gasteiger partial charge in [-0.1, -0.05) is 20.3 Å². The van der Waals surface area contributed by atoms with Crippen LogP contribution in [0.2, 0.25) is 0 Å². The van der Waals surface area contributed by atoms with Gasteiger partial charge >= 0.3 is 5.97 Å². The molecule has 0 aliphatic carbocycles. The number of rotatable bonds is 5. The van der Waals surface area contributed by atoms with Gasteiger partial charge < -0.3 is 10.4 Å². The summed E-state index contributed by atoms with van der Waals surface area (Å²) < 4.78 is 0. The summed E-state index contributed by atoms with van der Waals surface area (Å²) in [6.45, 7) is 7.36. The molecule has 0 spiro atoms.